The molecule has 0 fully saturated rings. The van der Waals surface area contributed by atoms with Crippen LogP contribution >= 0.6 is 0 Å². The Balaban J connectivity index is 0. The van der Waals surface area contributed by atoms with Gasteiger partial charge in [-0.05, 0) is 12.8 Å². The van der Waals surface area contributed by atoms with E-state index in [9.17, 15) is 12.8 Å². The summed E-state index contributed by atoms with van der Waals surface area (Å²) in [6.45, 7) is 8.45. The SMILES string of the molecule is C=CCNCC=C.O=S(=O)(O)CCCCCCF. The topological polar surface area (TPSA) is 66.4 Å². The normalized spacial score (nSPS) is 10.3. The molecule has 0 bridgehead atoms. The van der Waals surface area contributed by atoms with E-state index < -0.39 is 10.1 Å². The molecule has 0 heterocycles. The van der Waals surface area contributed by atoms with Gasteiger partial charge in [-0.15, -0.1) is 13.2 Å². The van der Waals surface area contributed by atoms with Crippen molar-refractivity contribution in [1.29, 1.82) is 0 Å². The predicted molar refractivity (Wildman–Crippen MR) is 74.1 cm³/mol. The molecule has 18 heavy (non-hydrogen) atoms. The average Bonchev–Trinajstić information content (AvgIpc) is 2.29. The third-order valence-electron chi connectivity index (χ3n) is 1.86. The summed E-state index contributed by atoms with van der Waals surface area (Å²) in [6, 6.07) is 0. The van der Waals surface area contributed by atoms with Crippen LogP contribution in [0.4, 0.5) is 4.39 Å². The molecule has 0 radical (unpaired) electrons. The van der Waals surface area contributed by atoms with Crippen molar-refractivity contribution in [1.82, 2.24) is 5.32 Å². The van der Waals surface area contributed by atoms with Gasteiger partial charge in [-0.3, -0.25) is 8.94 Å². The van der Waals surface area contributed by atoms with E-state index in [1.807, 2.05) is 12.2 Å². The summed E-state index contributed by atoms with van der Waals surface area (Å²) in [5.74, 6) is -0.209. The number of hydrogen-bond acceptors (Lipinski definition) is 3. The van der Waals surface area contributed by atoms with Gasteiger partial charge in [0, 0.05) is 13.1 Å². The Bertz CT molecular complexity index is 284. The fourth-order valence-electron chi connectivity index (χ4n) is 1.02. The highest BCUT2D eigenvalue weighted by molar-refractivity contribution is 7.85. The summed E-state index contributed by atoms with van der Waals surface area (Å²) < 4.78 is 40.0. The van der Waals surface area contributed by atoms with Crippen molar-refractivity contribution in [3.8, 4) is 0 Å². The van der Waals surface area contributed by atoms with E-state index in [0.717, 1.165) is 13.1 Å². The Morgan fingerprint density at radius 2 is 1.56 bits per heavy atom. The quantitative estimate of drug-likeness (QED) is 0.366. The fourth-order valence-corrected chi connectivity index (χ4v) is 1.59. The molecule has 2 N–H and O–H groups in total. The van der Waals surface area contributed by atoms with Crippen molar-refractivity contribution in [2.45, 2.75) is 25.7 Å². The second kappa shape index (κ2) is 14.3. The molecule has 6 heteroatoms. The fraction of sp³-hybridized carbons (Fsp3) is 0.667. The molecule has 0 aromatic heterocycles. The molecule has 0 spiro atoms. The summed E-state index contributed by atoms with van der Waals surface area (Å²) in [4.78, 5) is 0. The smallest absolute Gasteiger partial charge is 0.264 e. The van der Waals surface area contributed by atoms with Crippen LogP contribution in [0.3, 0.4) is 0 Å². The minimum absolute atomic E-state index is 0.209. The largest absolute Gasteiger partial charge is 0.310 e. The number of alkyl halides is 1. The highest BCUT2D eigenvalue weighted by atomic mass is 32.2. The van der Waals surface area contributed by atoms with E-state index in [-0.39, 0.29) is 12.4 Å². The minimum atomic E-state index is -3.81. The molecule has 0 saturated carbocycles. The Labute approximate surface area is 110 Å². The molecule has 0 aromatic rings. The van der Waals surface area contributed by atoms with Crippen LogP contribution in [0.15, 0.2) is 25.3 Å². The van der Waals surface area contributed by atoms with Crippen molar-refractivity contribution in [3.63, 3.8) is 0 Å². The van der Waals surface area contributed by atoms with Crippen LogP contribution in [0.25, 0.3) is 0 Å². The summed E-state index contributed by atoms with van der Waals surface area (Å²) in [5.41, 5.74) is 0. The van der Waals surface area contributed by atoms with Gasteiger partial charge in [0.05, 0.1) is 12.4 Å². The first kappa shape index (κ1) is 19.6. The molecule has 108 valence electrons. The Hall–Kier alpha value is -0.720. The molecule has 0 unspecified atom stereocenters. The molecule has 0 aromatic carbocycles. The predicted octanol–water partition coefficient (Wildman–Crippen LogP) is 2.35. The maximum atomic E-state index is 11.5. The van der Waals surface area contributed by atoms with Crippen molar-refractivity contribution >= 4 is 10.1 Å². The molecule has 0 aliphatic rings. The van der Waals surface area contributed by atoms with Crippen LogP contribution in [-0.2, 0) is 10.1 Å². The molecule has 0 atom stereocenters. The molecule has 0 amide bonds. The van der Waals surface area contributed by atoms with Gasteiger partial charge >= 0.3 is 0 Å². The van der Waals surface area contributed by atoms with Crippen molar-refractivity contribution in [2.75, 3.05) is 25.5 Å². The van der Waals surface area contributed by atoms with Gasteiger partial charge in [0.1, 0.15) is 0 Å². The number of rotatable bonds is 10. The molecule has 4 nitrogen and oxygen atoms in total. The van der Waals surface area contributed by atoms with Gasteiger partial charge in [0.15, 0.2) is 0 Å². The Kier molecular flexibility index (Phi) is 15.6. The number of unbranched alkanes of at least 4 members (excludes halogenated alkanes) is 3. The third kappa shape index (κ3) is 24.5. The summed E-state index contributed by atoms with van der Waals surface area (Å²) in [6.07, 6.45) is 5.88. The van der Waals surface area contributed by atoms with Crippen molar-refractivity contribution in [3.05, 3.63) is 25.3 Å². The maximum Gasteiger partial charge on any atom is 0.264 e. The maximum absolute atomic E-state index is 11.5. The van der Waals surface area contributed by atoms with Gasteiger partial charge < -0.3 is 5.32 Å². The third-order valence-corrected chi connectivity index (χ3v) is 2.67. The average molecular weight is 281 g/mol. The lowest BCUT2D eigenvalue weighted by Crippen LogP contribution is -2.11. The molecular formula is C12H24FNO3S. The first-order chi connectivity index (χ1) is 8.47. The van der Waals surface area contributed by atoms with Crippen LogP contribution in [0.2, 0.25) is 0 Å². The first-order valence-corrected chi connectivity index (χ1v) is 7.52. The highest BCUT2D eigenvalue weighted by Gasteiger charge is 2.02. The van der Waals surface area contributed by atoms with Gasteiger partial charge in [-0.2, -0.15) is 8.42 Å². The monoisotopic (exact) mass is 281 g/mol. The van der Waals surface area contributed by atoms with E-state index >= 15 is 0 Å². The van der Waals surface area contributed by atoms with E-state index in [1.165, 1.54) is 0 Å². The Morgan fingerprint density at radius 3 is 1.94 bits per heavy atom. The lowest BCUT2D eigenvalue weighted by atomic mass is 10.2. The highest BCUT2D eigenvalue weighted by Crippen LogP contribution is 2.01. The van der Waals surface area contributed by atoms with Crippen molar-refractivity contribution in [2.24, 2.45) is 0 Å². The number of halogens is 1. The molecular weight excluding hydrogens is 257 g/mol. The second-order valence-corrected chi connectivity index (χ2v) is 5.20. The van der Waals surface area contributed by atoms with Crippen LogP contribution < -0.4 is 5.32 Å². The van der Waals surface area contributed by atoms with Gasteiger partial charge in [0.25, 0.3) is 10.1 Å². The lowest BCUT2D eigenvalue weighted by molar-refractivity contribution is 0.452. The zero-order valence-electron chi connectivity index (χ0n) is 10.8. The lowest BCUT2D eigenvalue weighted by Gasteiger charge is -1.96. The zero-order valence-corrected chi connectivity index (χ0v) is 11.6. The van der Waals surface area contributed by atoms with Gasteiger partial charge in [0.2, 0.25) is 0 Å². The molecule has 0 saturated heterocycles. The van der Waals surface area contributed by atoms with Gasteiger partial charge in [-0.1, -0.05) is 25.0 Å². The summed E-state index contributed by atoms with van der Waals surface area (Å²) in [7, 11) is -3.81. The van der Waals surface area contributed by atoms with Crippen LogP contribution in [-0.4, -0.2) is 38.5 Å². The number of hydrogen-bond donors (Lipinski definition) is 2. The number of nitrogens with one attached hydrogen (secondary N) is 1. The zero-order chi connectivity index (χ0) is 14.3. The van der Waals surface area contributed by atoms with Crippen molar-refractivity contribution < 1.29 is 17.4 Å². The van der Waals surface area contributed by atoms with Crippen LogP contribution in [0.1, 0.15) is 25.7 Å². The van der Waals surface area contributed by atoms with Crippen LogP contribution in [0, 0.1) is 0 Å². The molecule has 0 rings (SSSR count). The Morgan fingerprint density at radius 1 is 1.06 bits per heavy atom. The van der Waals surface area contributed by atoms with E-state index in [4.69, 9.17) is 4.55 Å². The van der Waals surface area contributed by atoms with Gasteiger partial charge in [-0.25, -0.2) is 0 Å². The first-order valence-electron chi connectivity index (χ1n) is 5.91. The van der Waals surface area contributed by atoms with E-state index in [1.54, 1.807) is 0 Å². The molecule has 0 aliphatic heterocycles. The van der Waals surface area contributed by atoms with Crippen LogP contribution in [0.5, 0.6) is 0 Å². The minimum Gasteiger partial charge on any atom is -0.310 e. The summed E-state index contributed by atoms with van der Waals surface area (Å²) >= 11 is 0. The standard InChI is InChI=1S/C6H13FO3S.C6H11N/c7-5-3-1-2-4-6-11(8,9)10;1-3-5-7-6-4-2/h1-6H2,(H,8,9,10);3-4,7H,1-2,5-6H2. The van der Waals surface area contributed by atoms with E-state index in [2.05, 4.69) is 18.5 Å². The second-order valence-electron chi connectivity index (χ2n) is 3.62. The summed E-state index contributed by atoms with van der Waals surface area (Å²) in [5, 5.41) is 3.05. The van der Waals surface area contributed by atoms with E-state index in [0.29, 0.717) is 25.7 Å². The molecule has 0 aliphatic carbocycles.